The van der Waals surface area contributed by atoms with E-state index in [9.17, 15) is 4.79 Å². The van der Waals surface area contributed by atoms with Crippen molar-refractivity contribution < 1.29 is 9.53 Å². The molecule has 5 nitrogen and oxygen atoms in total. The van der Waals surface area contributed by atoms with Crippen LogP contribution in [-0.4, -0.2) is 55.7 Å². The first-order valence-electron chi connectivity index (χ1n) is 8.65. The molecule has 1 amide bonds. The zero-order chi connectivity index (χ0) is 16.1. The maximum atomic E-state index is 12.2. The normalized spacial score (nSPS) is 23.0. The van der Waals surface area contributed by atoms with Crippen LogP contribution in [0.1, 0.15) is 18.9 Å². The minimum atomic E-state index is 0. The van der Waals surface area contributed by atoms with Gasteiger partial charge in [0.25, 0.3) is 0 Å². The average molecular weight is 354 g/mol. The molecule has 2 saturated heterocycles. The van der Waals surface area contributed by atoms with Crippen LogP contribution in [0.15, 0.2) is 30.3 Å². The second kappa shape index (κ2) is 9.37. The number of rotatable bonds is 6. The van der Waals surface area contributed by atoms with E-state index in [2.05, 4.69) is 46.7 Å². The van der Waals surface area contributed by atoms with Crippen LogP contribution in [0.3, 0.4) is 0 Å². The molecule has 0 bridgehead atoms. The molecule has 1 aromatic carbocycles. The molecule has 2 aliphatic rings. The number of benzene rings is 1. The van der Waals surface area contributed by atoms with E-state index >= 15 is 0 Å². The minimum Gasteiger partial charge on any atom is -0.373 e. The summed E-state index contributed by atoms with van der Waals surface area (Å²) in [6, 6.07) is 10.6. The van der Waals surface area contributed by atoms with E-state index in [4.69, 9.17) is 4.74 Å². The summed E-state index contributed by atoms with van der Waals surface area (Å²) in [4.78, 5) is 14.6. The van der Waals surface area contributed by atoms with Gasteiger partial charge in [-0.15, -0.1) is 12.4 Å². The lowest BCUT2D eigenvalue weighted by atomic mass is 10.00. The number of nitrogens with zero attached hydrogens (tertiary/aromatic N) is 1. The van der Waals surface area contributed by atoms with Crippen LogP contribution in [0.5, 0.6) is 0 Å². The van der Waals surface area contributed by atoms with E-state index in [-0.39, 0.29) is 36.4 Å². The Morgan fingerprint density at radius 3 is 2.75 bits per heavy atom. The predicted octanol–water partition coefficient (Wildman–Crippen LogP) is 1.42. The molecule has 0 radical (unpaired) electrons. The Morgan fingerprint density at radius 1 is 1.38 bits per heavy atom. The molecular weight excluding hydrogens is 326 g/mol. The van der Waals surface area contributed by atoms with Crippen molar-refractivity contribution in [2.45, 2.75) is 32.0 Å². The molecule has 0 saturated carbocycles. The van der Waals surface area contributed by atoms with E-state index in [0.29, 0.717) is 0 Å². The second-order valence-corrected chi connectivity index (χ2v) is 6.51. The van der Waals surface area contributed by atoms with E-state index in [1.165, 1.54) is 5.56 Å². The van der Waals surface area contributed by atoms with Crippen LogP contribution in [0, 0.1) is 5.92 Å². The second-order valence-electron chi connectivity index (χ2n) is 6.51. The predicted molar refractivity (Wildman–Crippen MR) is 97.3 cm³/mol. The topological polar surface area (TPSA) is 53.6 Å². The summed E-state index contributed by atoms with van der Waals surface area (Å²) in [7, 11) is 0. The fraction of sp³-hybridized carbons (Fsp3) is 0.611. The molecule has 134 valence electrons. The Bertz CT molecular complexity index is 510. The fourth-order valence-electron chi connectivity index (χ4n) is 3.19. The van der Waals surface area contributed by atoms with Crippen LogP contribution in [-0.2, 0) is 16.1 Å². The van der Waals surface area contributed by atoms with E-state index in [1.54, 1.807) is 0 Å². The molecule has 2 atom stereocenters. The molecule has 2 heterocycles. The summed E-state index contributed by atoms with van der Waals surface area (Å²) < 4.78 is 5.96. The van der Waals surface area contributed by atoms with Gasteiger partial charge < -0.3 is 15.4 Å². The van der Waals surface area contributed by atoms with Gasteiger partial charge in [-0.05, 0) is 12.0 Å². The zero-order valence-corrected chi connectivity index (χ0v) is 15.1. The first-order chi connectivity index (χ1) is 11.3. The van der Waals surface area contributed by atoms with E-state index < -0.39 is 0 Å². The lowest BCUT2D eigenvalue weighted by Crippen LogP contribution is -2.57. The summed E-state index contributed by atoms with van der Waals surface area (Å²) in [6.07, 6.45) is 0.977. The molecule has 2 aliphatic heterocycles. The molecule has 1 aromatic rings. The van der Waals surface area contributed by atoms with E-state index in [0.717, 1.165) is 45.8 Å². The highest BCUT2D eigenvalue weighted by Crippen LogP contribution is 2.15. The Balaban J connectivity index is 0.00000208. The number of ether oxygens (including phenoxy) is 1. The Morgan fingerprint density at radius 2 is 2.12 bits per heavy atom. The van der Waals surface area contributed by atoms with Crippen molar-refractivity contribution in [3.05, 3.63) is 35.9 Å². The summed E-state index contributed by atoms with van der Waals surface area (Å²) in [5, 5.41) is 6.34. The maximum Gasteiger partial charge on any atom is 0.225 e. The number of morpholine rings is 1. The summed E-state index contributed by atoms with van der Waals surface area (Å²) in [6.45, 7) is 7.21. The summed E-state index contributed by atoms with van der Waals surface area (Å²) >= 11 is 0. The number of hydrogen-bond acceptors (Lipinski definition) is 4. The highest BCUT2D eigenvalue weighted by atomic mass is 35.5. The average Bonchev–Trinajstić information content (AvgIpc) is 2.52. The molecule has 2 unspecified atom stereocenters. The largest absolute Gasteiger partial charge is 0.373 e. The third kappa shape index (κ3) is 4.93. The molecular formula is C18H28ClN3O2. The van der Waals surface area contributed by atoms with Gasteiger partial charge >= 0.3 is 0 Å². The van der Waals surface area contributed by atoms with Gasteiger partial charge in [0.15, 0.2) is 0 Å². The minimum absolute atomic E-state index is 0. The molecule has 0 spiro atoms. The Labute approximate surface area is 150 Å². The van der Waals surface area contributed by atoms with Gasteiger partial charge in [0, 0.05) is 32.7 Å². The summed E-state index contributed by atoms with van der Waals surface area (Å²) in [5.41, 5.74) is 1.32. The zero-order valence-electron chi connectivity index (χ0n) is 14.2. The van der Waals surface area contributed by atoms with E-state index in [1.807, 2.05) is 6.07 Å². The quantitative estimate of drug-likeness (QED) is 0.812. The molecule has 0 aromatic heterocycles. The number of carbonyl (C=O) groups is 1. The number of halogens is 1. The van der Waals surface area contributed by atoms with Gasteiger partial charge in [-0.25, -0.2) is 0 Å². The van der Waals surface area contributed by atoms with Crippen molar-refractivity contribution >= 4 is 18.3 Å². The summed E-state index contributed by atoms with van der Waals surface area (Å²) in [5.74, 6) is 0.299. The number of amides is 1. The van der Waals surface area contributed by atoms with Crippen molar-refractivity contribution in [2.75, 3.05) is 32.8 Å². The molecule has 3 rings (SSSR count). The van der Waals surface area contributed by atoms with Crippen LogP contribution in [0.25, 0.3) is 0 Å². The molecule has 2 N–H and O–H groups in total. The monoisotopic (exact) mass is 353 g/mol. The third-order valence-corrected chi connectivity index (χ3v) is 4.80. The highest BCUT2D eigenvalue weighted by Gasteiger charge is 2.31. The maximum absolute atomic E-state index is 12.2. The van der Waals surface area contributed by atoms with Crippen LogP contribution in [0.2, 0.25) is 0 Å². The number of nitrogens with one attached hydrogen (secondary N) is 2. The smallest absolute Gasteiger partial charge is 0.225 e. The van der Waals surface area contributed by atoms with Gasteiger partial charge in [-0.3, -0.25) is 9.69 Å². The molecule has 24 heavy (non-hydrogen) atoms. The third-order valence-electron chi connectivity index (χ3n) is 4.80. The lowest BCUT2D eigenvalue weighted by molar-refractivity contribution is -0.129. The fourth-order valence-corrected chi connectivity index (χ4v) is 3.19. The molecule has 0 aliphatic carbocycles. The lowest BCUT2D eigenvalue weighted by Gasteiger charge is -2.38. The van der Waals surface area contributed by atoms with Gasteiger partial charge in [0.2, 0.25) is 5.91 Å². The van der Waals surface area contributed by atoms with Gasteiger partial charge in [0.1, 0.15) is 0 Å². The molecule has 6 heteroatoms. The van der Waals surface area contributed by atoms with Crippen LogP contribution < -0.4 is 10.6 Å². The first kappa shape index (κ1) is 19.2. The van der Waals surface area contributed by atoms with Crippen molar-refractivity contribution in [3.63, 3.8) is 0 Å². The number of carbonyl (C=O) groups excluding carboxylic acids is 1. The van der Waals surface area contributed by atoms with Gasteiger partial charge in [0.05, 0.1) is 24.7 Å². The van der Waals surface area contributed by atoms with Crippen molar-refractivity contribution in [2.24, 2.45) is 5.92 Å². The van der Waals surface area contributed by atoms with Crippen molar-refractivity contribution in [1.82, 2.24) is 15.5 Å². The standard InChI is InChI=1S/C18H27N3O2.ClH/c1-2-16(20-18(22)15-10-19-11-15)17-13-21(8-9-23-17)12-14-6-4-3-5-7-14;/h3-7,15-17,19H,2,8-13H2,1H3,(H,20,22);1H. The van der Waals surface area contributed by atoms with Crippen molar-refractivity contribution in [3.8, 4) is 0 Å². The Hall–Kier alpha value is -1.14. The highest BCUT2D eigenvalue weighted by molar-refractivity contribution is 5.85. The van der Waals surface area contributed by atoms with Crippen LogP contribution >= 0.6 is 12.4 Å². The van der Waals surface area contributed by atoms with Gasteiger partial charge in [-0.1, -0.05) is 37.3 Å². The number of hydrogen-bond donors (Lipinski definition) is 2. The van der Waals surface area contributed by atoms with Crippen molar-refractivity contribution in [1.29, 1.82) is 0 Å². The molecule has 2 fully saturated rings. The SMILES string of the molecule is CCC(NC(=O)C1CNC1)C1CN(Cc2ccccc2)CCO1.Cl. The van der Waals surface area contributed by atoms with Gasteiger partial charge in [-0.2, -0.15) is 0 Å². The Kier molecular flexibility index (Phi) is 7.49. The van der Waals surface area contributed by atoms with Crippen LogP contribution in [0.4, 0.5) is 0 Å². The first-order valence-corrected chi connectivity index (χ1v) is 8.65.